The lowest BCUT2D eigenvalue weighted by molar-refractivity contribution is 0.739. The third-order valence-electron chi connectivity index (χ3n) is 3.87. The number of rotatable bonds is 4. The van der Waals surface area contributed by atoms with Crippen LogP contribution in [0.15, 0.2) is 58.8 Å². The highest BCUT2D eigenvalue weighted by atomic mass is 32.2. The van der Waals surface area contributed by atoms with Crippen molar-refractivity contribution in [3.05, 3.63) is 59.7 Å². The molecule has 4 aromatic rings. The molecule has 0 aliphatic carbocycles. The Labute approximate surface area is 147 Å². The van der Waals surface area contributed by atoms with E-state index in [0.717, 1.165) is 16.9 Å². The zero-order chi connectivity index (χ0) is 17.2. The summed E-state index contributed by atoms with van der Waals surface area (Å²) in [6.45, 7) is 4.11. The maximum atomic E-state index is 4.13. The van der Waals surface area contributed by atoms with Crippen molar-refractivity contribution in [3.8, 4) is 11.4 Å². The van der Waals surface area contributed by atoms with Gasteiger partial charge in [0.2, 0.25) is 10.3 Å². The van der Waals surface area contributed by atoms with Gasteiger partial charge >= 0.3 is 0 Å². The molecule has 0 atom stereocenters. The zero-order valence-electron chi connectivity index (χ0n) is 13.6. The first-order valence-electron chi connectivity index (χ1n) is 7.60. The molecule has 0 N–H and O–H groups in total. The minimum Gasteiger partial charge on any atom is -0.187 e. The van der Waals surface area contributed by atoms with E-state index in [-0.39, 0.29) is 0 Å². The molecular weight excluding hydrogens is 336 g/mol. The van der Waals surface area contributed by atoms with Crippen LogP contribution in [-0.2, 0) is 0 Å². The first kappa shape index (κ1) is 15.5. The minimum atomic E-state index is 0.590. The van der Waals surface area contributed by atoms with Gasteiger partial charge in [0.25, 0.3) is 0 Å². The minimum absolute atomic E-state index is 0.590. The molecule has 9 heteroatoms. The predicted molar refractivity (Wildman–Crippen MR) is 91.9 cm³/mol. The van der Waals surface area contributed by atoms with Crippen LogP contribution in [0.1, 0.15) is 11.1 Å². The first-order chi connectivity index (χ1) is 12.2. The molecule has 25 heavy (non-hydrogen) atoms. The standard InChI is InChI=1S/C16H14N8S/c1-11-7-6-10-14(12(11)2)24-16(18-20-22-24)25-15-17-19-21-23(15)13-8-4-3-5-9-13/h3-10H,1-2H3. The largest absolute Gasteiger partial charge is 0.221 e. The van der Waals surface area contributed by atoms with E-state index in [1.807, 2.05) is 42.5 Å². The van der Waals surface area contributed by atoms with Crippen LogP contribution in [0.4, 0.5) is 0 Å². The highest BCUT2D eigenvalue weighted by Gasteiger charge is 2.17. The summed E-state index contributed by atoms with van der Waals surface area (Å²) in [5.74, 6) is 0. The van der Waals surface area contributed by atoms with Crippen molar-refractivity contribution >= 4 is 11.8 Å². The van der Waals surface area contributed by atoms with Crippen LogP contribution in [0, 0.1) is 13.8 Å². The second-order valence-corrected chi connectivity index (χ2v) is 6.34. The summed E-state index contributed by atoms with van der Waals surface area (Å²) < 4.78 is 3.36. The van der Waals surface area contributed by atoms with Crippen molar-refractivity contribution < 1.29 is 0 Å². The van der Waals surface area contributed by atoms with Crippen LogP contribution in [0.5, 0.6) is 0 Å². The van der Waals surface area contributed by atoms with Crippen LogP contribution >= 0.6 is 11.8 Å². The predicted octanol–water partition coefficient (Wildman–Crippen LogP) is 2.41. The van der Waals surface area contributed by atoms with E-state index in [4.69, 9.17) is 0 Å². The maximum absolute atomic E-state index is 4.13. The molecule has 0 aliphatic heterocycles. The van der Waals surface area contributed by atoms with Crippen LogP contribution in [0.3, 0.4) is 0 Å². The topological polar surface area (TPSA) is 87.2 Å². The molecule has 0 unspecified atom stereocenters. The molecule has 124 valence electrons. The highest BCUT2D eigenvalue weighted by molar-refractivity contribution is 7.99. The van der Waals surface area contributed by atoms with Gasteiger partial charge < -0.3 is 0 Å². The number of para-hydroxylation sites is 1. The Morgan fingerprint density at radius 3 is 2.20 bits per heavy atom. The molecule has 0 aliphatic rings. The number of aryl methyl sites for hydroxylation is 1. The lowest BCUT2D eigenvalue weighted by Crippen LogP contribution is -2.04. The molecule has 0 radical (unpaired) electrons. The number of benzene rings is 2. The number of hydrogen-bond donors (Lipinski definition) is 0. The maximum Gasteiger partial charge on any atom is 0.221 e. The second kappa shape index (κ2) is 6.44. The molecule has 0 fully saturated rings. The Kier molecular flexibility index (Phi) is 3.98. The molecule has 0 bridgehead atoms. The van der Waals surface area contributed by atoms with E-state index in [0.29, 0.717) is 10.3 Å². The van der Waals surface area contributed by atoms with Gasteiger partial charge in [-0.1, -0.05) is 30.3 Å². The van der Waals surface area contributed by atoms with Gasteiger partial charge in [0, 0.05) is 0 Å². The molecule has 0 saturated heterocycles. The van der Waals surface area contributed by atoms with E-state index >= 15 is 0 Å². The number of nitrogens with zero attached hydrogens (tertiary/aromatic N) is 8. The van der Waals surface area contributed by atoms with Crippen LogP contribution in [0.2, 0.25) is 0 Å². The summed E-state index contributed by atoms with van der Waals surface area (Å²) in [6, 6.07) is 15.7. The molecule has 4 rings (SSSR count). The fourth-order valence-electron chi connectivity index (χ4n) is 2.41. The normalized spacial score (nSPS) is 11.0. The Morgan fingerprint density at radius 1 is 0.760 bits per heavy atom. The van der Waals surface area contributed by atoms with Crippen molar-refractivity contribution in [2.45, 2.75) is 24.2 Å². The molecule has 2 aromatic heterocycles. The van der Waals surface area contributed by atoms with Crippen molar-refractivity contribution in [1.82, 2.24) is 40.4 Å². The van der Waals surface area contributed by atoms with Gasteiger partial charge in [0.1, 0.15) is 0 Å². The van der Waals surface area contributed by atoms with Gasteiger partial charge in [-0.25, -0.2) is 0 Å². The van der Waals surface area contributed by atoms with E-state index in [1.165, 1.54) is 17.3 Å². The number of tetrazole rings is 2. The van der Waals surface area contributed by atoms with E-state index in [1.54, 1.807) is 9.36 Å². The molecule has 8 nitrogen and oxygen atoms in total. The van der Waals surface area contributed by atoms with Crippen molar-refractivity contribution in [3.63, 3.8) is 0 Å². The quantitative estimate of drug-likeness (QED) is 0.558. The van der Waals surface area contributed by atoms with E-state index in [9.17, 15) is 0 Å². The summed E-state index contributed by atoms with van der Waals surface area (Å²) in [4.78, 5) is 0. The molecular formula is C16H14N8S. The van der Waals surface area contributed by atoms with Crippen LogP contribution in [-0.4, -0.2) is 40.4 Å². The van der Waals surface area contributed by atoms with Crippen LogP contribution < -0.4 is 0 Å². The van der Waals surface area contributed by atoms with Gasteiger partial charge in [0.05, 0.1) is 11.4 Å². The third-order valence-corrected chi connectivity index (χ3v) is 4.74. The Morgan fingerprint density at radius 2 is 1.44 bits per heavy atom. The first-order valence-corrected chi connectivity index (χ1v) is 8.42. The van der Waals surface area contributed by atoms with Crippen LogP contribution in [0.25, 0.3) is 11.4 Å². The van der Waals surface area contributed by atoms with Gasteiger partial charge in [-0.3, -0.25) is 0 Å². The average Bonchev–Trinajstić information content (AvgIpc) is 3.28. The molecule has 0 spiro atoms. The average molecular weight is 350 g/mol. The summed E-state index contributed by atoms with van der Waals surface area (Å²) in [7, 11) is 0. The Balaban J connectivity index is 1.72. The van der Waals surface area contributed by atoms with Crippen molar-refractivity contribution in [1.29, 1.82) is 0 Å². The molecule has 2 aromatic carbocycles. The van der Waals surface area contributed by atoms with Crippen molar-refractivity contribution in [2.24, 2.45) is 0 Å². The van der Waals surface area contributed by atoms with Gasteiger partial charge in [-0.15, -0.1) is 10.2 Å². The zero-order valence-corrected chi connectivity index (χ0v) is 14.4. The fourth-order valence-corrected chi connectivity index (χ4v) is 3.18. The molecule has 2 heterocycles. The SMILES string of the molecule is Cc1cccc(-n2nnnc2Sc2nnnn2-c2ccccc2)c1C. The highest BCUT2D eigenvalue weighted by Crippen LogP contribution is 2.27. The van der Waals surface area contributed by atoms with Gasteiger partial charge in [-0.2, -0.15) is 9.36 Å². The number of hydrogen-bond acceptors (Lipinski definition) is 7. The lowest BCUT2D eigenvalue weighted by Gasteiger charge is -2.09. The molecule has 0 amide bonds. The Hall–Kier alpha value is -3.07. The number of aromatic nitrogens is 8. The summed E-state index contributed by atoms with van der Waals surface area (Å²) >= 11 is 1.31. The summed E-state index contributed by atoms with van der Waals surface area (Å²) in [6.07, 6.45) is 0. The summed E-state index contributed by atoms with van der Waals surface area (Å²) in [5.41, 5.74) is 4.12. The van der Waals surface area contributed by atoms with Gasteiger partial charge in [-0.05, 0) is 75.8 Å². The van der Waals surface area contributed by atoms with Gasteiger partial charge in [0.15, 0.2) is 0 Å². The monoisotopic (exact) mass is 350 g/mol. The van der Waals surface area contributed by atoms with Crippen molar-refractivity contribution in [2.75, 3.05) is 0 Å². The Bertz CT molecular complexity index is 1010. The molecule has 0 saturated carbocycles. The fraction of sp³-hybridized carbons (Fsp3) is 0.125. The van der Waals surface area contributed by atoms with E-state index < -0.39 is 0 Å². The third kappa shape index (κ3) is 2.89. The lowest BCUT2D eigenvalue weighted by atomic mass is 10.1. The second-order valence-electron chi connectivity index (χ2n) is 5.40. The summed E-state index contributed by atoms with van der Waals surface area (Å²) in [5, 5.41) is 25.2. The smallest absolute Gasteiger partial charge is 0.187 e. The van der Waals surface area contributed by atoms with E-state index in [2.05, 4.69) is 51.0 Å².